The largest absolute Gasteiger partial charge is 0.324 e. The Morgan fingerprint density at radius 3 is 2.61 bits per heavy atom. The Balaban J connectivity index is 2.92. The number of rotatable bonds is 4. The van der Waals surface area contributed by atoms with Gasteiger partial charge in [0.2, 0.25) is 5.91 Å². The summed E-state index contributed by atoms with van der Waals surface area (Å²) in [5.74, 6) is -3.08. The Kier molecular flexibility index (Phi) is 4.68. The summed E-state index contributed by atoms with van der Waals surface area (Å²) in [4.78, 5) is 12.0. The van der Waals surface area contributed by atoms with Crippen LogP contribution in [-0.2, 0) is 4.79 Å². The van der Waals surface area contributed by atoms with E-state index < -0.39 is 17.1 Å². The number of carbonyl (C=O) groups excluding carboxylic acids is 1. The van der Waals surface area contributed by atoms with E-state index >= 15 is 0 Å². The lowest BCUT2D eigenvalue weighted by molar-refractivity contribution is -0.121. The van der Waals surface area contributed by atoms with E-state index in [0.717, 1.165) is 0 Å². The lowest BCUT2D eigenvalue weighted by Gasteiger charge is -2.16. The molecule has 1 aromatic carbocycles. The lowest BCUT2D eigenvalue weighted by Crippen LogP contribution is -2.29. The predicted octanol–water partition coefficient (Wildman–Crippen LogP) is 3.49. The van der Waals surface area contributed by atoms with Crippen molar-refractivity contribution in [2.45, 2.75) is 24.5 Å². The number of nitrogens with one attached hydrogen (secondary N) is 1. The monoisotopic (exact) mass is 270 g/mol. The van der Waals surface area contributed by atoms with Gasteiger partial charge >= 0.3 is 0 Å². The first-order chi connectivity index (χ1) is 8.36. The Labute approximate surface area is 108 Å². The fraction of sp³-hybridized carbons (Fsp3) is 0.333. The van der Waals surface area contributed by atoms with Crippen LogP contribution in [0.3, 0.4) is 0 Å². The van der Waals surface area contributed by atoms with Crippen LogP contribution in [0.5, 0.6) is 0 Å². The highest BCUT2D eigenvalue weighted by Crippen LogP contribution is 2.32. The molecule has 0 aliphatic rings. The summed E-state index contributed by atoms with van der Waals surface area (Å²) in [5, 5.41) is 11.3. The van der Waals surface area contributed by atoms with Crippen LogP contribution in [0.2, 0.25) is 0 Å². The first-order valence-electron chi connectivity index (χ1n) is 5.13. The predicted molar refractivity (Wildman–Crippen MR) is 66.3 cm³/mol. The highest BCUT2D eigenvalue weighted by atomic mass is 32.2. The van der Waals surface area contributed by atoms with E-state index in [9.17, 15) is 13.6 Å². The smallest absolute Gasteiger partial charge is 0.288 e. The summed E-state index contributed by atoms with van der Waals surface area (Å²) >= 11 is 0.354. The average molecular weight is 270 g/mol. The maximum absolute atomic E-state index is 12.3. The maximum Gasteiger partial charge on any atom is 0.288 e. The fourth-order valence-corrected chi connectivity index (χ4v) is 1.69. The van der Waals surface area contributed by atoms with Gasteiger partial charge in [0.1, 0.15) is 5.41 Å². The van der Waals surface area contributed by atoms with Crippen LogP contribution < -0.4 is 5.32 Å². The molecule has 0 aromatic heterocycles. The third-order valence-electron chi connectivity index (χ3n) is 2.20. The Bertz CT molecular complexity index is 483. The number of nitrogens with zero attached hydrogens (tertiary/aromatic N) is 1. The second-order valence-electron chi connectivity index (χ2n) is 4.07. The number of carbonyl (C=O) groups is 1. The summed E-state index contributed by atoms with van der Waals surface area (Å²) in [6.07, 6.45) is 0. The molecule has 0 unspecified atom stereocenters. The van der Waals surface area contributed by atoms with Crippen LogP contribution in [0, 0.1) is 16.7 Å². The zero-order valence-corrected chi connectivity index (χ0v) is 10.7. The van der Waals surface area contributed by atoms with Crippen LogP contribution >= 0.6 is 11.8 Å². The van der Waals surface area contributed by atoms with Gasteiger partial charge in [-0.3, -0.25) is 4.79 Å². The third-order valence-corrected chi connectivity index (χ3v) is 2.99. The standard InChI is InChI=1S/C12H12F2N2OS/c1-12(2,7-15)10(17)16-8-5-3-4-6-9(8)18-11(13)14/h3-6,11H,1-2H3,(H,16,17). The molecule has 1 rings (SSSR count). The van der Waals surface area contributed by atoms with Gasteiger partial charge in [0, 0.05) is 4.90 Å². The van der Waals surface area contributed by atoms with Gasteiger partial charge < -0.3 is 5.32 Å². The molecule has 0 saturated carbocycles. The Hall–Kier alpha value is -1.61. The number of hydrogen-bond acceptors (Lipinski definition) is 3. The number of amides is 1. The molecular weight excluding hydrogens is 258 g/mol. The summed E-state index contributed by atoms with van der Waals surface area (Å²) in [5.41, 5.74) is -0.918. The number of anilines is 1. The molecule has 0 bridgehead atoms. The van der Waals surface area contributed by atoms with E-state index in [1.165, 1.54) is 26.0 Å². The van der Waals surface area contributed by atoms with Crippen molar-refractivity contribution >= 4 is 23.4 Å². The normalized spacial score (nSPS) is 11.1. The molecule has 1 amide bonds. The number of halogens is 2. The molecular formula is C12H12F2N2OS. The van der Waals surface area contributed by atoms with Crippen molar-refractivity contribution < 1.29 is 13.6 Å². The summed E-state index contributed by atoms with van der Waals surface area (Å²) in [7, 11) is 0. The van der Waals surface area contributed by atoms with Crippen LogP contribution in [-0.4, -0.2) is 11.7 Å². The van der Waals surface area contributed by atoms with Crippen molar-refractivity contribution in [2.24, 2.45) is 5.41 Å². The molecule has 0 heterocycles. The molecule has 1 N–H and O–H groups in total. The van der Waals surface area contributed by atoms with Gasteiger partial charge in [0.05, 0.1) is 11.8 Å². The van der Waals surface area contributed by atoms with E-state index in [0.29, 0.717) is 11.8 Å². The minimum atomic E-state index is -2.56. The number of thioether (sulfide) groups is 1. The highest BCUT2D eigenvalue weighted by molar-refractivity contribution is 7.99. The van der Waals surface area contributed by atoms with Gasteiger partial charge in [-0.25, -0.2) is 0 Å². The van der Waals surface area contributed by atoms with Crippen molar-refractivity contribution in [3.63, 3.8) is 0 Å². The van der Waals surface area contributed by atoms with Crippen LogP contribution in [0.4, 0.5) is 14.5 Å². The van der Waals surface area contributed by atoms with Crippen LogP contribution in [0.15, 0.2) is 29.2 Å². The van der Waals surface area contributed by atoms with Gasteiger partial charge in [-0.15, -0.1) is 0 Å². The Morgan fingerprint density at radius 1 is 1.44 bits per heavy atom. The highest BCUT2D eigenvalue weighted by Gasteiger charge is 2.27. The molecule has 6 heteroatoms. The van der Waals surface area contributed by atoms with Crippen molar-refractivity contribution in [1.29, 1.82) is 5.26 Å². The molecule has 96 valence electrons. The van der Waals surface area contributed by atoms with Gasteiger partial charge in [-0.1, -0.05) is 23.9 Å². The number of hydrogen-bond donors (Lipinski definition) is 1. The van der Waals surface area contributed by atoms with E-state index in [4.69, 9.17) is 5.26 Å². The van der Waals surface area contributed by atoms with Gasteiger partial charge in [0.25, 0.3) is 5.76 Å². The minimum Gasteiger partial charge on any atom is -0.324 e. The SMILES string of the molecule is CC(C)(C#N)C(=O)Nc1ccccc1SC(F)F. The zero-order valence-electron chi connectivity index (χ0n) is 9.91. The number of benzene rings is 1. The fourth-order valence-electron chi connectivity index (χ4n) is 1.10. The molecule has 0 atom stereocenters. The molecule has 3 nitrogen and oxygen atoms in total. The van der Waals surface area contributed by atoms with Crippen molar-refractivity contribution in [3.05, 3.63) is 24.3 Å². The van der Waals surface area contributed by atoms with Crippen molar-refractivity contribution in [3.8, 4) is 6.07 Å². The second kappa shape index (κ2) is 5.83. The molecule has 0 aliphatic carbocycles. The van der Waals surface area contributed by atoms with Gasteiger partial charge in [0.15, 0.2) is 0 Å². The van der Waals surface area contributed by atoms with E-state index in [1.54, 1.807) is 12.1 Å². The molecule has 18 heavy (non-hydrogen) atoms. The topological polar surface area (TPSA) is 52.9 Å². The quantitative estimate of drug-likeness (QED) is 0.852. The maximum atomic E-state index is 12.3. The third kappa shape index (κ3) is 3.70. The van der Waals surface area contributed by atoms with Crippen LogP contribution in [0.1, 0.15) is 13.8 Å². The minimum absolute atomic E-state index is 0.273. The number of nitriles is 1. The molecule has 0 aliphatic heterocycles. The molecule has 0 radical (unpaired) electrons. The van der Waals surface area contributed by atoms with Crippen LogP contribution in [0.25, 0.3) is 0 Å². The van der Waals surface area contributed by atoms with E-state index in [-0.39, 0.29) is 10.6 Å². The Morgan fingerprint density at radius 2 is 2.06 bits per heavy atom. The summed E-state index contributed by atoms with van der Waals surface area (Å²) in [6, 6.07) is 8.11. The first-order valence-corrected chi connectivity index (χ1v) is 6.01. The first kappa shape index (κ1) is 14.5. The van der Waals surface area contributed by atoms with E-state index in [1.807, 2.05) is 6.07 Å². The number of alkyl halides is 2. The average Bonchev–Trinajstić information content (AvgIpc) is 2.31. The van der Waals surface area contributed by atoms with Gasteiger partial charge in [-0.2, -0.15) is 14.0 Å². The lowest BCUT2D eigenvalue weighted by atomic mass is 9.94. The summed E-state index contributed by atoms with van der Waals surface area (Å²) < 4.78 is 24.7. The van der Waals surface area contributed by atoms with Gasteiger partial charge in [-0.05, 0) is 26.0 Å². The molecule has 1 aromatic rings. The summed E-state index contributed by atoms with van der Waals surface area (Å²) in [6.45, 7) is 2.93. The molecule has 0 spiro atoms. The molecule has 0 saturated heterocycles. The number of para-hydroxylation sites is 1. The van der Waals surface area contributed by atoms with Crippen molar-refractivity contribution in [2.75, 3.05) is 5.32 Å². The zero-order chi connectivity index (χ0) is 13.8. The van der Waals surface area contributed by atoms with E-state index in [2.05, 4.69) is 5.32 Å². The molecule has 0 fully saturated rings. The second-order valence-corrected chi connectivity index (χ2v) is 5.10. The van der Waals surface area contributed by atoms with Crippen molar-refractivity contribution in [1.82, 2.24) is 0 Å².